The number of rotatable bonds is 5. The van der Waals surface area contributed by atoms with E-state index >= 15 is 0 Å². The van der Waals surface area contributed by atoms with Gasteiger partial charge in [-0.25, -0.2) is 0 Å². The first-order valence-electron chi connectivity index (χ1n) is 9.84. The predicted molar refractivity (Wildman–Crippen MR) is 106 cm³/mol. The Morgan fingerprint density at radius 2 is 1.85 bits per heavy atom. The lowest BCUT2D eigenvalue weighted by Gasteiger charge is -2.31. The van der Waals surface area contributed by atoms with Gasteiger partial charge in [-0.3, -0.25) is 14.6 Å². The highest BCUT2D eigenvalue weighted by Crippen LogP contribution is 2.33. The normalized spacial score (nSPS) is 16.3. The van der Waals surface area contributed by atoms with Gasteiger partial charge in [-0.2, -0.15) is 0 Å². The summed E-state index contributed by atoms with van der Waals surface area (Å²) in [6.07, 6.45) is 8.11. The molecule has 0 saturated carbocycles. The van der Waals surface area contributed by atoms with Crippen molar-refractivity contribution in [1.29, 1.82) is 0 Å². The van der Waals surface area contributed by atoms with E-state index in [2.05, 4.69) is 28.1 Å². The molecule has 0 radical (unpaired) electrons. The van der Waals surface area contributed by atoms with Crippen LogP contribution < -0.4 is 9.80 Å². The Kier molecular flexibility index (Phi) is 5.19. The first-order chi connectivity index (χ1) is 13.2. The molecule has 0 bridgehead atoms. The van der Waals surface area contributed by atoms with Crippen molar-refractivity contribution >= 4 is 23.1 Å². The molecule has 1 fully saturated rings. The molecule has 0 aliphatic carbocycles. The lowest BCUT2D eigenvalue weighted by Crippen LogP contribution is -2.36. The van der Waals surface area contributed by atoms with E-state index in [1.807, 2.05) is 4.90 Å². The van der Waals surface area contributed by atoms with E-state index in [0.29, 0.717) is 5.56 Å². The lowest BCUT2D eigenvalue weighted by atomic mass is 9.99. The highest BCUT2D eigenvalue weighted by atomic mass is 16.2. The fraction of sp³-hybridized carbons (Fsp3) is 0.409. The maximum absolute atomic E-state index is 12.9. The predicted octanol–water partition coefficient (Wildman–Crippen LogP) is 3.62. The Balaban J connectivity index is 1.47. The van der Waals surface area contributed by atoms with Crippen LogP contribution in [0.5, 0.6) is 0 Å². The number of anilines is 2. The minimum atomic E-state index is -0.0282. The van der Waals surface area contributed by atoms with Crippen LogP contribution in [0.15, 0.2) is 42.7 Å². The van der Waals surface area contributed by atoms with Gasteiger partial charge in [-0.05, 0) is 55.5 Å². The van der Waals surface area contributed by atoms with Crippen LogP contribution in [-0.2, 0) is 11.2 Å². The van der Waals surface area contributed by atoms with Crippen molar-refractivity contribution in [3.05, 3.63) is 53.9 Å². The molecule has 140 valence electrons. The van der Waals surface area contributed by atoms with Crippen LogP contribution in [0.2, 0.25) is 0 Å². The number of nitrogens with zero attached hydrogens (tertiary/aromatic N) is 3. The van der Waals surface area contributed by atoms with E-state index < -0.39 is 0 Å². The summed E-state index contributed by atoms with van der Waals surface area (Å²) in [5.74, 6) is 0.00580. The summed E-state index contributed by atoms with van der Waals surface area (Å²) in [7, 11) is 0. The summed E-state index contributed by atoms with van der Waals surface area (Å²) >= 11 is 0. The number of Topliss-reactive ketones (excluding diaryl/α,β-unsaturated/α-hetero) is 1. The first kappa shape index (κ1) is 17.7. The number of carbonyl (C=O) groups is 2. The second-order valence-corrected chi connectivity index (χ2v) is 7.32. The molecular formula is C22H25N3O2. The molecule has 4 rings (SSSR count). The summed E-state index contributed by atoms with van der Waals surface area (Å²) in [6.45, 7) is 2.91. The zero-order valence-corrected chi connectivity index (χ0v) is 15.6. The van der Waals surface area contributed by atoms with Gasteiger partial charge >= 0.3 is 0 Å². The smallest absolute Gasteiger partial charge is 0.227 e. The summed E-state index contributed by atoms with van der Waals surface area (Å²) in [6, 6.07) is 10.0. The Labute approximate surface area is 160 Å². The van der Waals surface area contributed by atoms with E-state index in [0.717, 1.165) is 38.2 Å². The van der Waals surface area contributed by atoms with Crippen molar-refractivity contribution in [2.75, 3.05) is 29.4 Å². The molecule has 1 aromatic carbocycles. The highest BCUT2D eigenvalue weighted by Gasteiger charge is 2.24. The third kappa shape index (κ3) is 3.87. The quantitative estimate of drug-likeness (QED) is 0.762. The van der Waals surface area contributed by atoms with E-state index in [-0.39, 0.29) is 24.5 Å². The Morgan fingerprint density at radius 1 is 1.00 bits per heavy atom. The van der Waals surface area contributed by atoms with Gasteiger partial charge in [0.05, 0.1) is 0 Å². The summed E-state index contributed by atoms with van der Waals surface area (Å²) in [5.41, 5.74) is 4.04. The summed E-state index contributed by atoms with van der Waals surface area (Å²) in [4.78, 5) is 33.4. The number of hydrogen-bond donors (Lipinski definition) is 0. The lowest BCUT2D eigenvalue weighted by molar-refractivity contribution is -0.118. The minimum absolute atomic E-state index is 0.0282. The number of aryl methyl sites for hydroxylation is 1. The van der Waals surface area contributed by atoms with Crippen molar-refractivity contribution in [2.24, 2.45) is 0 Å². The first-order valence-corrected chi connectivity index (χ1v) is 9.84. The van der Waals surface area contributed by atoms with Crippen molar-refractivity contribution in [3.63, 3.8) is 0 Å². The zero-order chi connectivity index (χ0) is 18.6. The van der Waals surface area contributed by atoms with E-state index in [1.165, 1.54) is 24.1 Å². The molecule has 2 aliphatic heterocycles. The molecule has 0 atom stereocenters. The molecule has 1 amide bonds. The van der Waals surface area contributed by atoms with Gasteiger partial charge in [-0.15, -0.1) is 0 Å². The minimum Gasteiger partial charge on any atom is -0.371 e. The highest BCUT2D eigenvalue weighted by molar-refractivity contribution is 6.01. The van der Waals surface area contributed by atoms with Gasteiger partial charge in [0.1, 0.15) is 0 Å². The van der Waals surface area contributed by atoms with Crippen molar-refractivity contribution in [1.82, 2.24) is 4.98 Å². The van der Waals surface area contributed by atoms with Gasteiger partial charge in [0.2, 0.25) is 5.91 Å². The van der Waals surface area contributed by atoms with E-state index in [1.54, 1.807) is 24.5 Å². The van der Waals surface area contributed by atoms with Crippen molar-refractivity contribution in [2.45, 2.75) is 38.5 Å². The van der Waals surface area contributed by atoms with Crippen LogP contribution in [0.3, 0.4) is 0 Å². The van der Waals surface area contributed by atoms with Crippen molar-refractivity contribution < 1.29 is 9.59 Å². The average Bonchev–Trinajstić information content (AvgIpc) is 3.26. The van der Waals surface area contributed by atoms with Crippen LogP contribution in [0.4, 0.5) is 11.4 Å². The molecule has 0 N–H and O–H groups in total. The fourth-order valence-corrected chi connectivity index (χ4v) is 4.02. The average molecular weight is 363 g/mol. The molecule has 2 aliphatic rings. The zero-order valence-electron chi connectivity index (χ0n) is 15.6. The van der Waals surface area contributed by atoms with E-state index in [9.17, 15) is 9.59 Å². The number of ketones is 1. The molecule has 5 heteroatoms. The van der Waals surface area contributed by atoms with Gasteiger partial charge < -0.3 is 9.80 Å². The molecule has 2 aromatic rings. The molecule has 5 nitrogen and oxygen atoms in total. The topological polar surface area (TPSA) is 53.5 Å². The maximum atomic E-state index is 12.9. The Hall–Kier alpha value is -2.69. The van der Waals surface area contributed by atoms with Gasteiger partial charge in [-0.1, -0.05) is 6.07 Å². The third-order valence-electron chi connectivity index (χ3n) is 5.51. The maximum Gasteiger partial charge on any atom is 0.227 e. The third-order valence-corrected chi connectivity index (χ3v) is 5.51. The van der Waals surface area contributed by atoms with Gasteiger partial charge in [0.15, 0.2) is 5.78 Å². The number of fused-ring (bicyclic) bond motifs is 1. The summed E-state index contributed by atoms with van der Waals surface area (Å²) < 4.78 is 0. The number of aromatic nitrogens is 1. The standard InChI is InChI=1S/C22H25N3O2/c26-21(18-5-3-11-23-16-18)9-10-22(27)25-14-4-6-17-7-8-19(15-20(17)25)24-12-1-2-13-24/h3,5,7-8,11,15-16H,1-2,4,6,9-10,12-14H2. The molecule has 0 spiro atoms. The largest absolute Gasteiger partial charge is 0.371 e. The molecule has 0 unspecified atom stereocenters. The molecule has 3 heterocycles. The number of carbonyl (C=O) groups excluding carboxylic acids is 2. The van der Waals surface area contributed by atoms with Crippen molar-refractivity contribution in [3.8, 4) is 0 Å². The SMILES string of the molecule is O=C(CCC(=O)N1CCCc2ccc(N3CCCC3)cc21)c1cccnc1. The number of pyridine rings is 1. The van der Waals surface area contributed by atoms with Gasteiger partial charge in [0, 0.05) is 61.8 Å². The monoisotopic (exact) mass is 363 g/mol. The fourth-order valence-electron chi connectivity index (χ4n) is 4.02. The number of benzene rings is 1. The molecule has 1 aromatic heterocycles. The molecular weight excluding hydrogens is 338 g/mol. The van der Waals surface area contributed by atoms with Gasteiger partial charge in [0.25, 0.3) is 0 Å². The number of amides is 1. The van der Waals surface area contributed by atoms with Crippen LogP contribution in [0.1, 0.15) is 48.0 Å². The Bertz CT molecular complexity index is 829. The Morgan fingerprint density at radius 3 is 2.63 bits per heavy atom. The van der Waals surface area contributed by atoms with Crippen LogP contribution in [-0.4, -0.2) is 36.3 Å². The van der Waals surface area contributed by atoms with Crippen LogP contribution in [0, 0.1) is 0 Å². The second-order valence-electron chi connectivity index (χ2n) is 7.32. The molecule has 27 heavy (non-hydrogen) atoms. The van der Waals surface area contributed by atoms with Crippen LogP contribution >= 0.6 is 0 Å². The summed E-state index contributed by atoms with van der Waals surface area (Å²) in [5, 5.41) is 0. The van der Waals surface area contributed by atoms with E-state index in [4.69, 9.17) is 0 Å². The van der Waals surface area contributed by atoms with Crippen LogP contribution in [0.25, 0.3) is 0 Å². The second kappa shape index (κ2) is 7.91. The number of hydrogen-bond acceptors (Lipinski definition) is 4. The molecule has 1 saturated heterocycles.